The van der Waals surface area contributed by atoms with Crippen molar-refractivity contribution >= 4 is 40.4 Å². The van der Waals surface area contributed by atoms with Crippen LogP contribution >= 0.6 is 34.5 Å². The summed E-state index contributed by atoms with van der Waals surface area (Å²) in [6, 6.07) is 11.7. The zero-order chi connectivity index (χ0) is 14.3. The molecule has 0 fully saturated rings. The first-order valence-corrected chi connectivity index (χ1v) is 7.48. The highest BCUT2D eigenvalue weighted by atomic mass is 35.5. The molecule has 0 aliphatic rings. The van der Waals surface area contributed by atoms with Crippen LogP contribution in [-0.2, 0) is 7.05 Å². The molecule has 0 saturated carbocycles. The molecule has 2 N–H and O–H groups in total. The minimum absolute atomic E-state index is 0.601. The van der Waals surface area contributed by atoms with Gasteiger partial charge in [-0.15, -0.1) is 11.3 Å². The Kier molecular flexibility index (Phi) is 3.46. The van der Waals surface area contributed by atoms with Crippen LogP contribution in [0.15, 0.2) is 36.4 Å². The van der Waals surface area contributed by atoms with Crippen LogP contribution in [0, 0.1) is 0 Å². The van der Waals surface area contributed by atoms with E-state index in [9.17, 15) is 0 Å². The van der Waals surface area contributed by atoms with Crippen molar-refractivity contribution in [1.29, 1.82) is 0 Å². The summed E-state index contributed by atoms with van der Waals surface area (Å²) >= 11 is 13.6. The van der Waals surface area contributed by atoms with Gasteiger partial charge in [-0.25, -0.2) is 0 Å². The van der Waals surface area contributed by atoms with Crippen molar-refractivity contribution < 1.29 is 0 Å². The molecule has 0 unspecified atom stereocenters. The lowest BCUT2D eigenvalue weighted by Crippen LogP contribution is -1.97. The second kappa shape index (κ2) is 5.13. The van der Waals surface area contributed by atoms with Gasteiger partial charge in [0, 0.05) is 12.6 Å². The van der Waals surface area contributed by atoms with E-state index >= 15 is 0 Å². The fourth-order valence-corrected chi connectivity index (χ4v) is 3.58. The molecule has 0 atom stereocenters. The van der Waals surface area contributed by atoms with Gasteiger partial charge in [0.15, 0.2) is 0 Å². The van der Waals surface area contributed by atoms with E-state index in [1.54, 1.807) is 4.68 Å². The maximum atomic E-state index is 6.24. The lowest BCUT2D eigenvalue weighted by molar-refractivity contribution is 0.782. The molecule has 3 aromatic rings. The molecule has 0 spiro atoms. The normalized spacial score (nSPS) is 10.9. The van der Waals surface area contributed by atoms with Gasteiger partial charge in [-0.1, -0.05) is 53.5 Å². The molecule has 3 nitrogen and oxygen atoms in total. The maximum Gasteiger partial charge on any atom is 0.129 e. The van der Waals surface area contributed by atoms with E-state index < -0.39 is 0 Å². The van der Waals surface area contributed by atoms with Crippen molar-refractivity contribution in [1.82, 2.24) is 9.78 Å². The highest BCUT2D eigenvalue weighted by molar-refractivity contribution is 7.20. The van der Waals surface area contributed by atoms with Crippen LogP contribution in [0.25, 0.3) is 22.4 Å². The molecule has 0 radical (unpaired) electrons. The van der Waals surface area contributed by atoms with Gasteiger partial charge >= 0.3 is 0 Å². The second-order valence-corrected chi connectivity index (χ2v) is 6.62. The Hall–Kier alpha value is -1.49. The van der Waals surface area contributed by atoms with Gasteiger partial charge in [0.05, 0.1) is 9.90 Å². The Labute approximate surface area is 130 Å². The van der Waals surface area contributed by atoms with E-state index in [0.717, 1.165) is 22.4 Å². The number of aryl methyl sites for hydroxylation is 1. The van der Waals surface area contributed by atoms with Gasteiger partial charge in [0.2, 0.25) is 0 Å². The van der Waals surface area contributed by atoms with E-state index in [4.69, 9.17) is 28.9 Å². The van der Waals surface area contributed by atoms with Crippen molar-refractivity contribution in [3.05, 3.63) is 45.1 Å². The van der Waals surface area contributed by atoms with Crippen molar-refractivity contribution in [2.75, 3.05) is 5.73 Å². The Balaban J connectivity index is 2.28. The molecule has 6 heteroatoms. The minimum Gasteiger partial charge on any atom is -0.383 e. The predicted molar refractivity (Wildman–Crippen MR) is 86.4 cm³/mol. The summed E-state index contributed by atoms with van der Waals surface area (Å²) < 4.78 is 2.90. The summed E-state index contributed by atoms with van der Waals surface area (Å²) in [5, 5.41) is 4.49. The standard InChI is InChI=1S/C14H11Cl2N3S/c1-19-14(17)11(8-5-3-2-4-6-8)12(18-19)9-7-10(15)20-13(9)16/h2-7H,17H2,1H3. The molecule has 1 aromatic carbocycles. The van der Waals surface area contributed by atoms with Crippen LogP contribution in [-0.4, -0.2) is 9.78 Å². The number of hydrogen-bond donors (Lipinski definition) is 1. The summed E-state index contributed by atoms with van der Waals surface area (Å²) in [5.41, 5.74) is 9.61. The molecule has 0 amide bonds. The van der Waals surface area contributed by atoms with Gasteiger partial charge in [0.25, 0.3) is 0 Å². The molecule has 0 bridgehead atoms. The lowest BCUT2D eigenvalue weighted by Gasteiger charge is -2.03. The maximum absolute atomic E-state index is 6.24. The fourth-order valence-electron chi connectivity index (χ4n) is 2.12. The quantitative estimate of drug-likeness (QED) is 0.742. The molecule has 2 aromatic heterocycles. The van der Waals surface area contributed by atoms with Gasteiger partial charge in [-0.2, -0.15) is 5.10 Å². The average molecular weight is 324 g/mol. The minimum atomic E-state index is 0.601. The van der Waals surface area contributed by atoms with Crippen LogP contribution in [0.5, 0.6) is 0 Å². The van der Waals surface area contributed by atoms with Crippen LogP contribution < -0.4 is 5.73 Å². The number of benzene rings is 1. The SMILES string of the molecule is Cn1nc(-c2cc(Cl)sc2Cl)c(-c2ccccc2)c1N. The van der Waals surface area contributed by atoms with Crippen molar-refractivity contribution in [2.45, 2.75) is 0 Å². The molecular formula is C14H11Cl2N3S. The molecule has 20 heavy (non-hydrogen) atoms. The molecule has 2 heterocycles. The number of anilines is 1. The van der Waals surface area contributed by atoms with Crippen LogP contribution in [0.1, 0.15) is 0 Å². The molecular weight excluding hydrogens is 313 g/mol. The number of aromatic nitrogens is 2. The van der Waals surface area contributed by atoms with Crippen LogP contribution in [0.2, 0.25) is 8.67 Å². The second-order valence-electron chi connectivity index (χ2n) is 4.34. The number of nitrogens with two attached hydrogens (primary N) is 1. The van der Waals surface area contributed by atoms with Crippen LogP contribution in [0.3, 0.4) is 0 Å². The zero-order valence-corrected chi connectivity index (χ0v) is 12.9. The summed E-state index contributed by atoms with van der Waals surface area (Å²) in [7, 11) is 1.81. The number of hydrogen-bond acceptors (Lipinski definition) is 3. The first kappa shape index (κ1) is 13.5. The van der Waals surface area contributed by atoms with Crippen molar-refractivity contribution in [3.63, 3.8) is 0 Å². The third-order valence-corrected chi connectivity index (χ3v) is 4.55. The highest BCUT2D eigenvalue weighted by Crippen LogP contribution is 2.43. The topological polar surface area (TPSA) is 43.8 Å². The van der Waals surface area contributed by atoms with Crippen molar-refractivity contribution in [2.24, 2.45) is 7.05 Å². The Bertz CT molecular complexity index is 762. The van der Waals surface area contributed by atoms with E-state index in [2.05, 4.69) is 5.10 Å². The first-order valence-electron chi connectivity index (χ1n) is 5.91. The number of halogens is 2. The average Bonchev–Trinajstić information content (AvgIpc) is 2.91. The van der Waals surface area contributed by atoms with Gasteiger partial charge in [-0.05, 0) is 11.6 Å². The number of rotatable bonds is 2. The van der Waals surface area contributed by atoms with E-state index in [-0.39, 0.29) is 0 Å². The van der Waals surface area contributed by atoms with Gasteiger partial charge < -0.3 is 5.73 Å². The molecule has 0 aliphatic heterocycles. The predicted octanol–water partition coefficient (Wildman–Crippen LogP) is 4.70. The largest absolute Gasteiger partial charge is 0.383 e. The summed E-state index contributed by atoms with van der Waals surface area (Å²) in [5.74, 6) is 0.601. The lowest BCUT2D eigenvalue weighted by atomic mass is 10.0. The number of thiophene rings is 1. The Morgan fingerprint density at radius 3 is 2.50 bits per heavy atom. The third-order valence-electron chi connectivity index (χ3n) is 3.07. The van der Waals surface area contributed by atoms with Crippen LogP contribution in [0.4, 0.5) is 5.82 Å². The monoisotopic (exact) mass is 323 g/mol. The Morgan fingerprint density at radius 2 is 1.90 bits per heavy atom. The zero-order valence-electron chi connectivity index (χ0n) is 10.6. The Morgan fingerprint density at radius 1 is 1.20 bits per heavy atom. The van der Waals surface area contributed by atoms with E-state index in [0.29, 0.717) is 14.5 Å². The van der Waals surface area contributed by atoms with E-state index in [1.165, 1.54) is 11.3 Å². The first-order chi connectivity index (χ1) is 9.58. The van der Waals surface area contributed by atoms with E-state index in [1.807, 2.05) is 43.4 Å². The fraction of sp³-hybridized carbons (Fsp3) is 0.0714. The smallest absolute Gasteiger partial charge is 0.129 e. The summed E-state index contributed by atoms with van der Waals surface area (Å²) in [6.45, 7) is 0. The van der Waals surface area contributed by atoms with Crippen molar-refractivity contribution in [3.8, 4) is 22.4 Å². The third kappa shape index (κ3) is 2.20. The molecule has 0 aliphatic carbocycles. The number of nitrogen functional groups attached to an aromatic ring is 1. The summed E-state index contributed by atoms with van der Waals surface area (Å²) in [6.07, 6.45) is 0. The highest BCUT2D eigenvalue weighted by Gasteiger charge is 2.20. The molecule has 3 rings (SSSR count). The van der Waals surface area contributed by atoms with Gasteiger partial charge in [-0.3, -0.25) is 4.68 Å². The molecule has 0 saturated heterocycles. The molecule has 102 valence electrons. The summed E-state index contributed by atoms with van der Waals surface area (Å²) in [4.78, 5) is 0. The van der Waals surface area contributed by atoms with Gasteiger partial charge in [0.1, 0.15) is 15.8 Å². The number of nitrogens with zero attached hydrogens (tertiary/aromatic N) is 2.